The van der Waals surface area contributed by atoms with E-state index in [-0.39, 0.29) is 5.91 Å². The first-order chi connectivity index (χ1) is 10.1. The second kappa shape index (κ2) is 8.14. The molecule has 0 unspecified atom stereocenters. The zero-order valence-electron chi connectivity index (χ0n) is 14.0. The van der Waals surface area contributed by atoms with Crippen LogP contribution in [-0.2, 0) is 4.79 Å². The summed E-state index contributed by atoms with van der Waals surface area (Å²) in [7, 11) is 4.15. The Morgan fingerprint density at radius 3 is 2.14 bits per heavy atom. The van der Waals surface area contributed by atoms with Gasteiger partial charge in [-0.25, -0.2) is 0 Å². The Morgan fingerprint density at radius 1 is 1.00 bits per heavy atom. The molecular weight excluding hydrogens is 262 g/mol. The van der Waals surface area contributed by atoms with E-state index in [9.17, 15) is 4.79 Å². The summed E-state index contributed by atoms with van der Waals surface area (Å²) in [6.45, 7) is 2.87. The molecule has 2 rings (SSSR count). The molecule has 0 aromatic rings. The minimum absolute atomic E-state index is 0.216. The molecule has 2 fully saturated rings. The summed E-state index contributed by atoms with van der Waals surface area (Å²) in [4.78, 5) is 14.5. The lowest BCUT2D eigenvalue weighted by Crippen LogP contribution is -2.46. The van der Waals surface area contributed by atoms with Gasteiger partial charge in [0.1, 0.15) is 0 Å². The summed E-state index contributed by atoms with van der Waals surface area (Å²) >= 11 is 0. The fourth-order valence-corrected chi connectivity index (χ4v) is 3.84. The Kier molecular flexibility index (Phi) is 6.49. The zero-order valence-corrected chi connectivity index (χ0v) is 14.0. The van der Waals surface area contributed by atoms with Crippen LogP contribution < -0.4 is 10.6 Å². The molecule has 0 aromatic heterocycles. The molecule has 21 heavy (non-hydrogen) atoms. The van der Waals surface area contributed by atoms with Gasteiger partial charge in [0.05, 0.1) is 6.54 Å². The van der Waals surface area contributed by atoms with Crippen LogP contribution in [0.25, 0.3) is 0 Å². The molecule has 4 nitrogen and oxygen atoms in total. The van der Waals surface area contributed by atoms with Crippen LogP contribution in [0.5, 0.6) is 0 Å². The van der Waals surface area contributed by atoms with E-state index in [1.54, 1.807) is 0 Å². The normalized spacial score (nSPS) is 33.9. The molecule has 1 amide bonds. The third kappa shape index (κ3) is 5.26. The first kappa shape index (κ1) is 16.8. The number of nitrogens with one attached hydrogen (secondary N) is 2. The third-order valence-electron chi connectivity index (χ3n) is 5.50. The van der Waals surface area contributed by atoms with Gasteiger partial charge in [-0.3, -0.25) is 9.69 Å². The number of nitrogens with zero attached hydrogens (tertiary/aromatic N) is 1. The van der Waals surface area contributed by atoms with E-state index in [0.29, 0.717) is 24.7 Å². The summed E-state index contributed by atoms with van der Waals surface area (Å²) < 4.78 is 0. The highest BCUT2D eigenvalue weighted by Gasteiger charge is 2.25. The van der Waals surface area contributed by atoms with Crippen LogP contribution in [-0.4, -0.2) is 49.6 Å². The smallest absolute Gasteiger partial charge is 0.234 e. The lowest BCUT2D eigenvalue weighted by molar-refractivity contribution is -0.123. The van der Waals surface area contributed by atoms with Gasteiger partial charge in [-0.2, -0.15) is 0 Å². The average Bonchev–Trinajstić information content (AvgIpc) is 2.49. The molecule has 122 valence electrons. The Morgan fingerprint density at radius 2 is 1.57 bits per heavy atom. The lowest BCUT2D eigenvalue weighted by Gasteiger charge is -2.34. The van der Waals surface area contributed by atoms with Crippen molar-refractivity contribution in [1.82, 2.24) is 15.5 Å². The maximum absolute atomic E-state index is 12.2. The molecule has 2 N–H and O–H groups in total. The van der Waals surface area contributed by atoms with Gasteiger partial charge in [0.25, 0.3) is 0 Å². The number of carbonyl (C=O) groups excluding carboxylic acids is 1. The van der Waals surface area contributed by atoms with Crippen LogP contribution in [0.3, 0.4) is 0 Å². The molecular formula is C17H33N3O. The Labute approximate surface area is 130 Å². The van der Waals surface area contributed by atoms with Crippen molar-refractivity contribution in [3.05, 3.63) is 0 Å². The number of hydrogen-bond acceptors (Lipinski definition) is 3. The molecule has 2 saturated carbocycles. The van der Waals surface area contributed by atoms with Gasteiger partial charge >= 0.3 is 0 Å². The van der Waals surface area contributed by atoms with Crippen LogP contribution in [0.15, 0.2) is 0 Å². The van der Waals surface area contributed by atoms with Crippen LogP contribution in [0.2, 0.25) is 0 Å². The number of carbonyl (C=O) groups is 1. The monoisotopic (exact) mass is 295 g/mol. The molecule has 0 radical (unpaired) electrons. The molecule has 0 heterocycles. The van der Waals surface area contributed by atoms with Gasteiger partial charge in [0, 0.05) is 18.1 Å². The maximum atomic E-state index is 12.2. The van der Waals surface area contributed by atoms with Crippen molar-refractivity contribution >= 4 is 5.91 Å². The average molecular weight is 295 g/mol. The lowest BCUT2D eigenvalue weighted by atomic mass is 9.87. The highest BCUT2D eigenvalue weighted by Crippen LogP contribution is 2.24. The van der Waals surface area contributed by atoms with Gasteiger partial charge in [0.2, 0.25) is 5.91 Å². The van der Waals surface area contributed by atoms with Crippen molar-refractivity contribution in [2.24, 2.45) is 5.92 Å². The van der Waals surface area contributed by atoms with Gasteiger partial charge < -0.3 is 10.6 Å². The summed E-state index contributed by atoms with van der Waals surface area (Å²) in [5.41, 5.74) is 0. The van der Waals surface area contributed by atoms with Crippen molar-refractivity contribution in [3.8, 4) is 0 Å². The predicted molar refractivity (Wildman–Crippen MR) is 87.3 cm³/mol. The Hall–Kier alpha value is -0.610. The molecule has 0 bridgehead atoms. The summed E-state index contributed by atoms with van der Waals surface area (Å²) in [6, 6.07) is 1.67. The fourth-order valence-electron chi connectivity index (χ4n) is 3.84. The predicted octanol–water partition coefficient (Wildman–Crippen LogP) is 2.14. The van der Waals surface area contributed by atoms with Gasteiger partial charge in [0.15, 0.2) is 0 Å². The van der Waals surface area contributed by atoms with Crippen molar-refractivity contribution in [3.63, 3.8) is 0 Å². The topological polar surface area (TPSA) is 44.4 Å². The zero-order chi connectivity index (χ0) is 15.2. The number of rotatable bonds is 5. The number of hydrogen-bond donors (Lipinski definition) is 2. The van der Waals surface area contributed by atoms with Crippen LogP contribution >= 0.6 is 0 Å². The van der Waals surface area contributed by atoms with E-state index in [4.69, 9.17) is 0 Å². The van der Waals surface area contributed by atoms with E-state index in [0.717, 1.165) is 18.8 Å². The van der Waals surface area contributed by atoms with Crippen LogP contribution in [0.1, 0.15) is 58.3 Å². The largest absolute Gasteiger partial charge is 0.352 e. The molecule has 0 saturated heterocycles. The van der Waals surface area contributed by atoms with E-state index in [1.165, 1.54) is 38.5 Å². The van der Waals surface area contributed by atoms with Crippen LogP contribution in [0.4, 0.5) is 0 Å². The summed E-state index contributed by atoms with van der Waals surface area (Å²) in [6.07, 6.45) is 9.70. The van der Waals surface area contributed by atoms with Crippen molar-refractivity contribution < 1.29 is 4.79 Å². The highest BCUT2D eigenvalue weighted by molar-refractivity contribution is 5.78. The second-order valence-corrected chi connectivity index (χ2v) is 7.23. The summed E-state index contributed by atoms with van der Waals surface area (Å²) in [5.74, 6) is 1.05. The van der Waals surface area contributed by atoms with Crippen molar-refractivity contribution in [2.75, 3.05) is 20.6 Å². The van der Waals surface area contributed by atoms with E-state index in [2.05, 4.69) is 29.5 Å². The molecule has 2 aliphatic carbocycles. The minimum atomic E-state index is 0.216. The Balaban J connectivity index is 1.67. The fraction of sp³-hybridized carbons (Fsp3) is 0.941. The van der Waals surface area contributed by atoms with Gasteiger partial charge in [-0.05, 0) is 71.4 Å². The molecule has 0 atom stereocenters. The van der Waals surface area contributed by atoms with Crippen molar-refractivity contribution in [1.29, 1.82) is 0 Å². The number of likely N-dealkylation sites (N-methyl/N-ethyl adjacent to an activating group) is 1. The quantitative estimate of drug-likeness (QED) is 0.817. The molecule has 4 heteroatoms. The Bertz CT molecular complexity index is 318. The van der Waals surface area contributed by atoms with Crippen molar-refractivity contribution in [2.45, 2.75) is 76.4 Å². The van der Waals surface area contributed by atoms with Gasteiger partial charge in [-0.1, -0.05) is 6.92 Å². The third-order valence-corrected chi connectivity index (χ3v) is 5.50. The maximum Gasteiger partial charge on any atom is 0.234 e. The minimum Gasteiger partial charge on any atom is -0.352 e. The SMILES string of the molecule is CNC1CCC(N(C)CC(=O)NC2CCC(C)CC2)CC1. The van der Waals surface area contributed by atoms with Crippen LogP contribution in [0, 0.1) is 5.92 Å². The molecule has 0 spiro atoms. The van der Waals surface area contributed by atoms with E-state index >= 15 is 0 Å². The van der Waals surface area contributed by atoms with Gasteiger partial charge in [-0.15, -0.1) is 0 Å². The van der Waals surface area contributed by atoms with E-state index < -0.39 is 0 Å². The summed E-state index contributed by atoms with van der Waals surface area (Å²) in [5, 5.41) is 6.60. The first-order valence-electron chi connectivity index (χ1n) is 8.75. The molecule has 2 aliphatic rings. The first-order valence-corrected chi connectivity index (χ1v) is 8.75. The molecule has 0 aromatic carbocycles. The molecule has 0 aliphatic heterocycles. The number of amides is 1. The van der Waals surface area contributed by atoms with E-state index in [1.807, 2.05) is 7.05 Å². The standard InChI is InChI=1S/C17H33N3O/c1-13-4-6-15(7-5-13)19-17(21)12-20(3)16-10-8-14(18-2)9-11-16/h13-16,18H,4-12H2,1-3H3,(H,19,21). The second-order valence-electron chi connectivity index (χ2n) is 7.23. The highest BCUT2D eigenvalue weighted by atomic mass is 16.2.